The highest BCUT2D eigenvalue weighted by Gasteiger charge is 2.11. The van der Waals surface area contributed by atoms with Crippen molar-refractivity contribution in [3.8, 4) is 0 Å². The average molecular weight is 320 g/mol. The van der Waals surface area contributed by atoms with E-state index in [1.807, 2.05) is 29.6 Å². The Morgan fingerprint density at radius 1 is 1.29 bits per heavy atom. The highest BCUT2D eigenvalue weighted by molar-refractivity contribution is 7.99. The van der Waals surface area contributed by atoms with E-state index in [-0.39, 0.29) is 5.91 Å². The topological polar surface area (TPSA) is 42.0 Å². The number of hydrogen-bond acceptors (Lipinski definition) is 4. The van der Waals surface area contributed by atoms with Crippen LogP contribution in [0.15, 0.2) is 34.5 Å². The van der Waals surface area contributed by atoms with Gasteiger partial charge in [-0.3, -0.25) is 10.1 Å². The lowest BCUT2D eigenvalue weighted by molar-refractivity contribution is 0.102. The van der Waals surface area contributed by atoms with Crippen LogP contribution in [-0.2, 0) is 0 Å². The second kappa shape index (κ2) is 7.09. The third-order valence-electron chi connectivity index (χ3n) is 2.80. The van der Waals surface area contributed by atoms with Gasteiger partial charge in [0.15, 0.2) is 5.13 Å². The molecule has 0 radical (unpaired) electrons. The van der Waals surface area contributed by atoms with Gasteiger partial charge < -0.3 is 0 Å². The SMILES string of the molecule is CC(C)Sc1cccc(C(=O)Nc2nc(C(C)C)cs2)c1. The van der Waals surface area contributed by atoms with Gasteiger partial charge in [0, 0.05) is 21.1 Å². The number of thioether (sulfide) groups is 1. The molecule has 112 valence electrons. The number of amides is 1. The van der Waals surface area contributed by atoms with Crippen molar-refractivity contribution in [1.82, 2.24) is 4.98 Å². The monoisotopic (exact) mass is 320 g/mol. The second-order valence-corrected chi connectivity index (χ2v) is 7.89. The summed E-state index contributed by atoms with van der Waals surface area (Å²) >= 11 is 3.22. The van der Waals surface area contributed by atoms with Gasteiger partial charge in [-0.2, -0.15) is 0 Å². The fourth-order valence-electron chi connectivity index (χ4n) is 1.76. The molecule has 5 heteroatoms. The van der Waals surface area contributed by atoms with Gasteiger partial charge in [-0.25, -0.2) is 4.98 Å². The van der Waals surface area contributed by atoms with Gasteiger partial charge in [-0.1, -0.05) is 33.8 Å². The van der Waals surface area contributed by atoms with E-state index in [4.69, 9.17) is 0 Å². The second-order valence-electron chi connectivity index (χ2n) is 5.38. The molecule has 3 nitrogen and oxygen atoms in total. The molecule has 0 aliphatic carbocycles. The predicted octanol–water partition coefficient (Wildman–Crippen LogP) is 5.02. The molecule has 0 bridgehead atoms. The fraction of sp³-hybridized carbons (Fsp3) is 0.375. The summed E-state index contributed by atoms with van der Waals surface area (Å²) in [5.74, 6) is 0.267. The van der Waals surface area contributed by atoms with Crippen LogP contribution in [0.2, 0.25) is 0 Å². The Hall–Kier alpha value is -1.33. The van der Waals surface area contributed by atoms with Crippen LogP contribution in [0.1, 0.15) is 49.7 Å². The molecule has 1 heterocycles. The maximum atomic E-state index is 12.3. The maximum absolute atomic E-state index is 12.3. The summed E-state index contributed by atoms with van der Waals surface area (Å²) in [6.45, 7) is 8.46. The number of carbonyl (C=O) groups is 1. The number of nitrogens with zero attached hydrogens (tertiary/aromatic N) is 1. The van der Waals surface area contributed by atoms with Crippen molar-refractivity contribution in [2.45, 2.75) is 43.8 Å². The Morgan fingerprint density at radius 2 is 2.05 bits per heavy atom. The van der Waals surface area contributed by atoms with Crippen molar-refractivity contribution < 1.29 is 4.79 Å². The van der Waals surface area contributed by atoms with Crippen LogP contribution >= 0.6 is 23.1 Å². The molecule has 0 unspecified atom stereocenters. The van der Waals surface area contributed by atoms with Crippen LogP contribution in [0, 0.1) is 0 Å². The highest BCUT2D eigenvalue weighted by atomic mass is 32.2. The zero-order valence-corrected chi connectivity index (χ0v) is 14.3. The van der Waals surface area contributed by atoms with E-state index in [2.05, 4.69) is 38.0 Å². The van der Waals surface area contributed by atoms with E-state index in [0.717, 1.165) is 10.6 Å². The number of benzene rings is 1. The number of hydrogen-bond donors (Lipinski definition) is 1. The van der Waals surface area contributed by atoms with Crippen LogP contribution in [0.4, 0.5) is 5.13 Å². The molecule has 2 aromatic rings. The molecule has 0 aliphatic heterocycles. The number of thiazole rings is 1. The zero-order chi connectivity index (χ0) is 15.4. The molecule has 1 amide bonds. The Balaban J connectivity index is 2.08. The lowest BCUT2D eigenvalue weighted by atomic mass is 10.2. The summed E-state index contributed by atoms with van der Waals surface area (Å²) in [5.41, 5.74) is 1.68. The first-order valence-electron chi connectivity index (χ1n) is 6.99. The summed E-state index contributed by atoms with van der Waals surface area (Å²) in [6.07, 6.45) is 0. The number of anilines is 1. The van der Waals surface area contributed by atoms with E-state index >= 15 is 0 Å². The smallest absolute Gasteiger partial charge is 0.257 e. The largest absolute Gasteiger partial charge is 0.298 e. The van der Waals surface area contributed by atoms with E-state index in [9.17, 15) is 4.79 Å². The highest BCUT2D eigenvalue weighted by Crippen LogP contribution is 2.25. The van der Waals surface area contributed by atoms with Gasteiger partial charge >= 0.3 is 0 Å². The molecule has 1 aromatic carbocycles. The summed E-state index contributed by atoms with van der Waals surface area (Å²) < 4.78 is 0. The lowest BCUT2D eigenvalue weighted by Gasteiger charge is -2.07. The van der Waals surface area contributed by atoms with Crippen LogP contribution in [0.3, 0.4) is 0 Å². The molecular formula is C16H20N2OS2. The Labute approximate surface area is 134 Å². The molecular weight excluding hydrogens is 300 g/mol. The Bertz CT molecular complexity index is 620. The molecule has 2 rings (SSSR count). The van der Waals surface area contributed by atoms with Gasteiger partial charge in [-0.05, 0) is 24.1 Å². The van der Waals surface area contributed by atoms with Crippen molar-refractivity contribution in [3.05, 3.63) is 40.9 Å². The number of carbonyl (C=O) groups excluding carboxylic acids is 1. The first-order chi connectivity index (χ1) is 9.95. The Kier molecular flexibility index (Phi) is 5.42. The van der Waals surface area contributed by atoms with E-state index < -0.39 is 0 Å². The number of rotatable bonds is 5. The third-order valence-corrected chi connectivity index (χ3v) is 4.58. The normalized spacial score (nSPS) is 11.1. The molecule has 0 saturated heterocycles. The van der Waals surface area contributed by atoms with E-state index in [1.54, 1.807) is 11.8 Å². The maximum Gasteiger partial charge on any atom is 0.257 e. The average Bonchev–Trinajstić information content (AvgIpc) is 2.87. The molecule has 1 N–H and O–H groups in total. The lowest BCUT2D eigenvalue weighted by Crippen LogP contribution is -2.11. The molecule has 0 spiro atoms. The van der Waals surface area contributed by atoms with Crippen molar-refractivity contribution in [2.75, 3.05) is 5.32 Å². The van der Waals surface area contributed by atoms with Gasteiger partial charge in [0.2, 0.25) is 0 Å². The van der Waals surface area contributed by atoms with Gasteiger partial charge in [-0.15, -0.1) is 23.1 Å². The fourth-order valence-corrected chi connectivity index (χ4v) is 3.52. The minimum atomic E-state index is -0.106. The molecule has 0 saturated carbocycles. The summed E-state index contributed by atoms with van der Waals surface area (Å²) in [4.78, 5) is 17.8. The van der Waals surface area contributed by atoms with Gasteiger partial charge in [0.25, 0.3) is 5.91 Å². The van der Waals surface area contributed by atoms with Crippen molar-refractivity contribution in [1.29, 1.82) is 0 Å². The van der Waals surface area contributed by atoms with Crippen LogP contribution < -0.4 is 5.32 Å². The van der Waals surface area contributed by atoms with Crippen LogP contribution in [-0.4, -0.2) is 16.1 Å². The van der Waals surface area contributed by atoms with Crippen molar-refractivity contribution >= 4 is 34.1 Å². The Morgan fingerprint density at radius 3 is 2.67 bits per heavy atom. The molecule has 0 atom stereocenters. The van der Waals surface area contributed by atoms with Gasteiger partial charge in [0.1, 0.15) is 0 Å². The summed E-state index contributed by atoms with van der Waals surface area (Å²) in [7, 11) is 0. The van der Waals surface area contributed by atoms with E-state index in [1.165, 1.54) is 11.3 Å². The minimum Gasteiger partial charge on any atom is -0.298 e. The summed E-state index contributed by atoms with van der Waals surface area (Å²) in [6, 6.07) is 7.70. The standard InChI is InChI=1S/C16H20N2OS2/c1-10(2)14-9-20-16(17-14)18-15(19)12-6-5-7-13(8-12)21-11(3)4/h5-11H,1-4H3,(H,17,18,19). The third kappa shape index (κ3) is 4.58. The molecule has 1 aromatic heterocycles. The molecule has 0 aliphatic rings. The zero-order valence-electron chi connectivity index (χ0n) is 12.7. The molecule has 0 fully saturated rings. The first-order valence-corrected chi connectivity index (χ1v) is 8.75. The predicted molar refractivity (Wildman–Crippen MR) is 91.6 cm³/mol. The van der Waals surface area contributed by atoms with Gasteiger partial charge in [0.05, 0.1) is 5.69 Å². The minimum absolute atomic E-state index is 0.106. The van der Waals surface area contributed by atoms with Crippen molar-refractivity contribution in [3.63, 3.8) is 0 Å². The quantitative estimate of drug-likeness (QED) is 0.787. The van der Waals surface area contributed by atoms with E-state index in [0.29, 0.717) is 21.9 Å². The first kappa shape index (κ1) is 16.0. The summed E-state index contributed by atoms with van der Waals surface area (Å²) in [5, 5.41) is 6.02. The number of nitrogens with one attached hydrogen (secondary N) is 1. The number of aromatic nitrogens is 1. The molecule has 21 heavy (non-hydrogen) atoms. The van der Waals surface area contributed by atoms with Crippen LogP contribution in [0.25, 0.3) is 0 Å². The van der Waals surface area contributed by atoms with Crippen LogP contribution in [0.5, 0.6) is 0 Å². The van der Waals surface area contributed by atoms with Crippen molar-refractivity contribution in [2.24, 2.45) is 0 Å².